The minimum Gasteiger partial charge on any atom is -0.469 e. The summed E-state index contributed by atoms with van der Waals surface area (Å²) in [6.07, 6.45) is 9.19. The lowest BCUT2D eigenvalue weighted by Gasteiger charge is -2.57. The molecule has 0 bridgehead atoms. The highest BCUT2D eigenvalue weighted by Gasteiger charge is 2.57. The fraction of sp³-hybridized carbons (Fsp3) is 0.731. The molecule has 0 N–H and O–H groups in total. The zero-order chi connectivity index (χ0) is 21.9. The van der Waals surface area contributed by atoms with Crippen molar-refractivity contribution in [1.29, 1.82) is 0 Å². The zero-order valence-electron chi connectivity index (χ0n) is 19.8. The predicted octanol–water partition coefficient (Wildman–Crippen LogP) is 6.01. The van der Waals surface area contributed by atoms with Crippen LogP contribution in [-0.2, 0) is 22.5 Å². The first-order chi connectivity index (χ1) is 14.3. The summed E-state index contributed by atoms with van der Waals surface area (Å²) in [7, 11) is 1.54. The van der Waals surface area contributed by atoms with Gasteiger partial charge in [0, 0.05) is 0 Å². The second kappa shape index (κ2) is 9.30. The first-order valence-corrected chi connectivity index (χ1v) is 11.8. The van der Waals surface area contributed by atoms with Gasteiger partial charge in [-0.3, -0.25) is 9.69 Å². The van der Waals surface area contributed by atoms with Crippen LogP contribution in [0.25, 0.3) is 0 Å². The Morgan fingerprint density at radius 1 is 1.30 bits per heavy atom. The third-order valence-corrected chi connectivity index (χ3v) is 8.47. The second-order valence-electron chi connectivity index (χ2n) is 9.94. The molecule has 168 valence electrons. The van der Waals surface area contributed by atoms with Gasteiger partial charge in [0.05, 0.1) is 25.3 Å². The van der Waals surface area contributed by atoms with Gasteiger partial charge in [0.1, 0.15) is 5.76 Å². The van der Waals surface area contributed by atoms with E-state index >= 15 is 0 Å². The number of ether oxygens (including phenoxy) is 1. The van der Waals surface area contributed by atoms with E-state index in [1.54, 1.807) is 0 Å². The minimum absolute atomic E-state index is 0.0268. The van der Waals surface area contributed by atoms with Crippen LogP contribution in [0.3, 0.4) is 0 Å². The lowest BCUT2D eigenvalue weighted by atomic mass is 9.46. The summed E-state index contributed by atoms with van der Waals surface area (Å²) in [5.74, 6) is 1.88. The van der Waals surface area contributed by atoms with Crippen LogP contribution in [0.2, 0.25) is 0 Å². The fourth-order valence-corrected chi connectivity index (χ4v) is 6.64. The highest BCUT2D eigenvalue weighted by molar-refractivity contribution is 5.77. The number of esters is 1. The van der Waals surface area contributed by atoms with Crippen molar-refractivity contribution in [2.75, 3.05) is 20.2 Å². The molecular weight excluding hydrogens is 374 g/mol. The van der Waals surface area contributed by atoms with Gasteiger partial charge in [0.2, 0.25) is 0 Å². The quantitative estimate of drug-likeness (QED) is 0.385. The Labute approximate surface area is 183 Å². The van der Waals surface area contributed by atoms with E-state index < -0.39 is 0 Å². The molecule has 4 nitrogen and oxygen atoms in total. The Morgan fingerprint density at radius 3 is 2.70 bits per heavy atom. The average Bonchev–Trinajstić information content (AvgIpc) is 3.17. The molecule has 30 heavy (non-hydrogen) atoms. The standard InChI is InChI=1S/C26H41NO3/c1-7-27(8-2)18-22-20(14-17-30-22)11-12-21-19(3)10-13-23-25(21,4)15-9-16-26(23,5)24(28)29-6/h14,17,21,23H,3,7-13,15-16,18H2,1-2,4-6H3/t21-,23?,25+,26-/m0/s1. The summed E-state index contributed by atoms with van der Waals surface area (Å²) < 4.78 is 11.1. The Hall–Kier alpha value is -1.55. The van der Waals surface area contributed by atoms with E-state index in [9.17, 15) is 4.79 Å². The summed E-state index contributed by atoms with van der Waals surface area (Å²) in [5, 5.41) is 0. The number of allylic oxidation sites excluding steroid dienone is 1. The van der Waals surface area contributed by atoms with Crippen LogP contribution in [0.5, 0.6) is 0 Å². The summed E-state index contributed by atoms with van der Waals surface area (Å²) in [4.78, 5) is 15.2. The van der Waals surface area contributed by atoms with E-state index in [1.165, 1.54) is 24.7 Å². The molecule has 1 unspecified atom stereocenters. The van der Waals surface area contributed by atoms with Crippen molar-refractivity contribution in [2.24, 2.45) is 22.7 Å². The van der Waals surface area contributed by atoms with Gasteiger partial charge in [0.25, 0.3) is 0 Å². The van der Waals surface area contributed by atoms with Crippen LogP contribution in [0, 0.1) is 22.7 Å². The fourth-order valence-electron chi connectivity index (χ4n) is 6.64. The molecule has 0 aliphatic heterocycles. The van der Waals surface area contributed by atoms with Crippen LogP contribution in [0.1, 0.15) is 77.5 Å². The van der Waals surface area contributed by atoms with Gasteiger partial charge in [-0.25, -0.2) is 0 Å². The molecule has 2 saturated carbocycles. The van der Waals surface area contributed by atoms with Gasteiger partial charge in [-0.1, -0.05) is 39.3 Å². The van der Waals surface area contributed by atoms with Crippen molar-refractivity contribution >= 4 is 5.97 Å². The number of hydrogen-bond acceptors (Lipinski definition) is 4. The number of aryl methyl sites for hydroxylation is 1. The SMILES string of the molecule is C=C1CCC2[C@](C)(CCC[C@]2(C)C(=O)OC)[C@H]1CCc1ccoc1CN(CC)CC. The topological polar surface area (TPSA) is 42.7 Å². The van der Waals surface area contributed by atoms with Crippen molar-refractivity contribution in [2.45, 2.75) is 79.2 Å². The molecule has 0 radical (unpaired) electrons. The third kappa shape index (κ3) is 4.12. The zero-order valence-corrected chi connectivity index (χ0v) is 19.8. The van der Waals surface area contributed by atoms with E-state index in [4.69, 9.17) is 9.15 Å². The molecule has 2 aliphatic rings. The van der Waals surface area contributed by atoms with Gasteiger partial charge < -0.3 is 9.15 Å². The molecule has 4 heteroatoms. The van der Waals surface area contributed by atoms with Gasteiger partial charge in [-0.2, -0.15) is 0 Å². The van der Waals surface area contributed by atoms with Crippen molar-refractivity contribution in [3.05, 3.63) is 35.8 Å². The number of rotatable bonds is 8. The molecule has 3 rings (SSSR count). The van der Waals surface area contributed by atoms with E-state index in [1.807, 2.05) is 6.26 Å². The van der Waals surface area contributed by atoms with E-state index in [0.29, 0.717) is 11.8 Å². The monoisotopic (exact) mass is 415 g/mol. The number of carbonyl (C=O) groups excluding carboxylic acids is 1. The average molecular weight is 416 g/mol. The van der Waals surface area contributed by atoms with E-state index in [0.717, 1.165) is 63.9 Å². The number of fused-ring (bicyclic) bond motifs is 1. The highest BCUT2D eigenvalue weighted by atomic mass is 16.5. The Balaban J connectivity index is 1.78. The lowest BCUT2D eigenvalue weighted by molar-refractivity contribution is -0.168. The molecule has 1 aromatic heterocycles. The van der Waals surface area contributed by atoms with Crippen molar-refractivity contribution < 1.29 is 13.9 Å². The predicted molar refractivity (Wildman–Crippen MR) is 121 cm³/mol. The first kappa shape index (κ1) is 23.1. The molecule has 1 heterocycles. The number of furan rings is 1. The molecule has 4 atom stereocenters. The van der Waals surface area contributed by atoms with E-state index in [2.05, 4.69) is 45.2 Å². The first-order valence-electron chi connectivity index (χ1n) is 11.8. The Morgan fingerprint density at radius 2 is 2.03 bits per heavy atom. The number of nitrogens with zero attached hydrogens (tertiary/aromatic N) is 1. The molecule has 2 aliphatic carbocycles. The Bertz CT molecular complexity index is 749. The van der Waals surface area contributed by atoms with Crippen LogP contribution >= 0.6 is 0 Å². The van der Waals surface area contributed by atoms with Gasteiger partial charge in [0.15, 0.2) is 0 Å². The minimum atomic E-state index is -0.371. The largest absolute Gasteiger partial charge is 0.469 e. The summed E-state index contributed by atoms with van der Waals surface area (Å²) >= 11 is 0. The number of methoxy groups -OCH3 is 1. The molecular formula is C26H41NO3. The van der Waals surface area contributed by atoms with Gasteiger partial charge in [-0.05, 0) is 87.4 Å². The summed E-state index contributed by atoms with van der Waals surface area (Å²) in [5.41, 5.74) is 2.44. The lowest BCUT2D eigenvalue weighted by Crippen LogP contribution is -2.53. The van der Waals surface area contributed by atoms with Crippen LogP contribution in [-0.4, -0.2) is 31.1 Å². The van der Waals surface area contributed by atoms with Crippen LogP contribution < -0.4 is 0 Å². The maximum atomic E-state index is 12.8. The van der Waals surface area contributed by atoms with Gasteiger partial charge in [-0.15, -0.1) is 0 Å². The molecule has 0 aromatic carbocycles. The molecule has 0 saturated heterocycles. The summed E-state index contributed by atoms with van der Waals surface area (Å²) in [6.45, 7) is 16.4. The van der Waals surface area contributed by atoms with Crippen LogP contribution in [0.4, 0.5) is 0 Å². The Kier molecular flexibility index (Phi) is 7.16. The summed E-state index contributed by atoms with van der Waals surface area (Å²) in [6, 6.07) is 2.14. The smallest absolute Gasteiger partial charge is 0.311 e. The van der Waals surface area contributed by atoms with Gasteiger partial charge >= 0.3 is 5.97 Å². The maximum Gasteiger partial charge on any atom is 0.311 e. The van der Waals surface area contributed by atoms with Crippen molar-refractivity contribution in [3.63, 3.8) is 0 Å². The normalized spacial score (nSPS) is 31.6. The molecule has 0 spiro atoms. The molecule has 0 amide bonds. The van der Waals surface area contributed by atoms with Crippen LogP contribution in [0.15, 0.2) is 28.9 Å². The highest BCUT2D eigenvalue weighted by Crippen LogP contribution is 2.62. The van der Waals surface area contributed by atoms with Crippen molar-refractivity contribution in [3.8, 4) is 0 Å². The number of hydrogen-bond donors (Lipinski definition) is 0. The number of carbonyl (C=O) groups is 1. The second-order valence-corrected chi connectivity index (χ2v) is 9.94. The molecule has 2 fully saturated rings. The third-order valence-electron chi connectivity index (χ3n) is 8.47. The van der Waals surface area contributed by atoms with E-state index in [-0.39, 0.29) is 16.8 Å². The van der Waals surface area contributed by atoms with Crippen molar-refractivity contribution in [1.82, 2.24) is 4.90 Å². The molecule has 1 aromatic rings. The maximum absolute atomic E-state index is 12.8.